The lowest BCUT2D eigenvalue weighted by Gasteiger charge is -2.60. The molecule has 1 nitrogen and oxygen atoms in total. The average Bonchev–Trinajstić information content (AvgIpc) is 1.89. The van der Waals surface area contributed by atoms with Gasteiger partial charge < -0.3 is 5.73 Å². The van der Waals surface area contributed by atoms with Crippen molar-refractivity contribution in [1.82, 2.24) is 0 Å². The second kappa shape index (κ2) is 2.37. The van der Waals surface area contributed by atoms with Crippen molar-refractivity contribution in [1.29, 1.82) is 0 Å². The maximum Gasteiger partial charge on any atom is 0.00985 e. The van der Waals surface area contributed by atoms with Gasteiger partial charge in [0.1, 0.15) is 0 Å². The number of nitrogens with two attached hydrogens (primary N) is 1. The van der Waals surface area contributed by atoms with E-state index in [9.17, 15) is 0 Å². The van der Waals surface area contributed by atoms with Gasteiger partial charge in [0, 0.05) is 6.04 Å². The molecule has 0 aromatic carbocycles. The first-order chi connectivity index (χ1) is 4.86. The van der Waals surface area contributed by atoms with E-state index in [1.54, 1.807) is 0 Å². The third-order valence-corrected chi connectivity index (χ3v) is 4.25. The highest BCUT2D eigenvalue weighted by molar-refractivity contribution is 5.85. The van der Waals surface area contributed by atoms with Gasteiger partial charge in [-0.25, -0.2) is 0 Å². The van der Waals surface area contributed by atoms with Gasteiger partial charge in [0.2, 0.25) is 0 Å². The van der Waals surface area contributed by atoms with Crippen LogP contribution in [0.15, 0.2) is 0 Å². The molecular formula is C9H16ClN. The topological polar surface area (TPSA) is 26.0 Å². The Balaban J connectivity index is 0.000000480. The molecule has 2 heteroatoms. The first-order valence-corrected chi connectivity index (χ1v) is 4.62. The molecule has 5 unspecified atom stereocenters. The normalized spacial score (nSPS) is 58.1. The van der Waals surface area contributed by atoms with Crippen LogP contribution in [-0.4, -0.2) is 6.04 Å². The van der Waals surface area contributed by atoms with Crippen molar-refractivity contribution in [3.63, 3.8) is 0 Å². The maximum atomic E-state index is 6.10. The summed E-state index contributed by atoms with van der Waals surface area (Å²) in [7, 11) is 0. The van der Waals surface area contributed by atoms with E-state index in [1.165, 1.54) is 25.7 Å². The maximum absolute atomic E-state index is 6.10. The summed E-state index contributed by atoms with van der Waals surface area (Å²) in [6.07, 6.45) is 5.90. The first kappa shape index (κ1) is 7.88. The van der Waals surface area contributed by atoms with Gasteiger partial charge in [0.05, 0.1) is 0 Å². The van der Waals surface area contributed by atoms with E-state index < -0.39 is 0 Å². The zero-order chi connectivity index (χ0) is 6.72. The van der Waals surface area contributed by atoms with Crippen molar-refractivity contribution in [2.45, 2.75) is 31.7 Å². The van der Waals surface area contributed by atoms with Crippen LogP contribution in [0, 0.1) is 23.7 Å². The van der Waals surface area contributed by atoms with Crippen molar-refractivity contribution in [2.24, 2.45) is 29.4 Å². The highest BCUT2D eigenvalue weighted by atomic mass is 35.5. The Bertz CT molecular complexity index is 157. The Labute approximate surface area is 74.1 Å². The summed E-state index contributed by atoms with van der Waals surface area (Å²) in [6, 6.07) is 0.601. The van der Waals surface area contributed by atoms with Crippen LogP contribution in [-0.2, 0) is 0 Å². The monoisotopic (exact) mass is 173 g/mol. The number of halogens is 1. The Kier molecular flexibility index (Phi) is 1.69. The minimum Gasteiger partial charge on any atom is -0.327 e. The summed E-state index contributed by atoms with van der Waals surface area (Å²) < 4.78 is 0. The molecule has 0 aromatic rings. The van der Waals surface area contributed by atoms with Crippen LogP contribution in [0.2, 0.25) is 0 Å². The predicted molar refractivity (Wildman–Crippen MR) is 47.7 cm³/mol. The van der Waals surface area contributed by atoms with Gasteiger partial charge in [-0.2, -0.15) is 0 Å². The van der Waals surface area contributed by atoms with Crippen molar-refractivity contribution < 1.29 is 0 Å². The zero-order valence-corrected chi connectivity index (χ0v) is 7.52. The molecule has 0 saturated heterocycles. The molecule has 5 aliphatic carbocycles. The molecule has 11 heavy (non-hydrogen) atoms. The van der Waals surface area contributed by atoms with E-state index in [2.05, 4.69) is 0 Å². The highest BCUT2D eigenvalue weighted by Gasteiger charge is 2.54. The molecule has 5 rings (SSSR count). The van der Waals surface area contributed by atoms with E-state index in [0.717, 1.165) is 23.7 Å². The summed E-state index contributed by atoms with van der Waals surface area (Å²) in [5.41, 5.74) is 6.10. The molecule has 0 aliphatic heterocycles. The molecule has 64 valence electrons. The van der Waals surface area contributed by atoms with Crippen molar-refractivity contribution in [3.8, 4) is 0 Å². The molecule has 0 spiro atoms. The van der Waals surface area contributed by atoms with Gasteiger partial charge in [0.15, 0.2) is 0 Å². The SMILES string of the molecule is Cl.NC1C2CCC3C(C2)CC13. The van der Waals surface area contributed by atoms with E-state index in [4.69, 9.17) is 5.73 Å². The molecule has 0 heterocycles. The number of hydrogen-bond acceptors (Lipinski definition) is 1. The fourth-order valence-electron chi connectivity index (χ4n) is 3.63. The van der Waals surface area contributed by atoms with E-state index >= 15 is 0 Å². The number of fused-ring (bicyclic) bond motifs is 1. The van der Waals surface area contributed by atoms with Gasteiger partial charge in [-0.05, 0) is 49.4 Å². The average molecular weight is 174 g/mol. The van der Waals surface area contributed by atoms with Crippen LogP contribution < -0.4 is 5.73 Å². The largest absolute Gasteiger partial charge is 0.327 e. The Morgan fingerprint density at radius 1 is 0.909 bits per heavy atom. The van der Waals surface area contributed by atoms with E-state index in [1.807, 2.05) is 0 Å². The first-order valence-electron chi connectivity index (χ1n) is 4.62. The van der Waals surface area contributed by atoms with Gasteiger partial charge in [-0.1, -0.05) is 0 Å². The van der Waals surface area contributed by atoms with Crippen molar-refractivity contribution in [3.05, 3.63) is 0 Å². The van der Waals surface area contributed by atoms with Crippen molar-refractivity contribution in [2.75, 3.05) is 0 Å². The molecule has 0 aromatic heterocycles. The van der Waals surface area contributed by atoms with Crippen LogP contribution in [0.25, 0.3) is 0 Å². The molecule has 4 bridgehead atoms. The second-order valence-electron chi connectivity index (χ2n) is 4.47. The van der Waals surface area contributed by atoms with Crippen LogP contribution in [0.5, 0.6) is 0 Å². The molecule has 0 radical (unpaired) electrons. The standard InChI is InChI=1S/C9H15N.ClH/c10-9-5-1-2-7-6(3-5)4-8(7)9;/h5-9H,1-4,10H2;1H. The number of rotatable bonds is 0. The molecule has 0 amide bonds. The molecule has 5 saturated carbocycles. The van der Waals surface area contributed by atoms with E-state index in [-0.39, 0.29) is 12.4 Å². The lowest BCUT2D eigenvalue weighted by Crippen LogP contribution is -2.60. The minimum absolute atomic E-state index is 0. The zero-order valence-electron chi connectivity index (χ0n) is 6.70. The van der Waals surface area contributed by atoms with Crippen LogP contribution in [0.1, 0.15) is 25.7 Å². The summed E-state index contributed by atoms with van der Waals surface area (Å²) in [5, 5.41) is 0. The van der Waals surface area contributed by atoms with Gasteiger partial charge in [-0.15, -0.1) is 12.4 Å². The van der Waals surface area contributed by atoms with Gasteiger partial charge in [0.25, 0.3) is 0 Å². The van der Waals surface area contributed by atoms with Gasteiger partial charge in [-0.3, -0.25) is 0 Å². The fraction of sp³-hybridized carbons (Fsp3) is 1.00. The second-order valence-corrected chi connectivity index (χ2v) is 4.47. The Morgan fingerprint density at radius 2 is 1.73 bits per heavy atom. The third kappa shape index (κ3) is 0.815. The lowest BCUT2D eigenvalue weighted by atomic mass is 9.46. The lowest BCUT2D eigenvalue weighted by molar-refractivity contribution is -0.0863. The van der Waals surface area contributed by atoms with E-state index in [0.29, 0.717) is 6.04 Å². The third-order valence-electron chi connectivity index (χ3n) is 4.25. The van der Waals surface area contributed by atoms with Gasteiger partial charge >= 0.3 is 0 Å². The Hall–Kier alpha value is 0.250. The predicted octanol–water partition coefficient (Wildman–Crippen LogP) is 1.80. The molecule has 5 aliphatic rings. The summed E-state index contributed by atoms with van der Waals surface area (Å²) in [6.45, 7) is 0. The summed E-state index contributed by atoms with van der Waals surface area (Å²) in [4.78, 5) is 0. The summed E-state index contributed by atoms with van der Waals surface area (Å²) >= 11 is 0. The highest BCUT2D eigenvalue weighted by Crippen LogP contribution is 2.59. The quantitative estimate of drug-likeness (QED) is 0.594. The smallest absolute Gasteiger partial charge is 0.00985 e. The summed E-state index contributed by atoms with van der Waals surface area (Å²) in [5.74, 6) is 4.06. The molecule has 2 N–H and O–H groups in total. The Morgan fingerprint density at radius 3 is 2.09 bits per heavy atom. The van der Waals surface area contributed by atoms with Crippen LogP contribution in [0.3, 0.4) is 0 Å². The molecule has 5 atom stereocenters. The van der Waals surface area contributed by atoms with Crippen LogP contribution >= 0.6 is 12.4 Å². The number of hydrogen-bond donors (Lipinski definition) is 1. The minimum atomic E-state index is 0. The molecule has 5 fully saturated rings. The van der Waals surface area contributed by atoms with Crippen molar-refractivity contribution >= 4 is 12.4 Å². The molecular weight excluding hydrogens is 158 g/mol. The van der Waals surface area contributed by atoms with Crippen LogP contribution in [0.4, 0.5) is 0 Å². The fourth-order valence-corrected chi connectivity index (χ4v) is 3.63.